The van der Waals surface area contributed by atoms with Gasteiger partial charge in [-0.1, -0.05) is 42.0 Å². The van der Waals surface area contributed by atoms with Crippen molar-refractivity contribution < 1.29 is 13.9 Å². The topological polar surface area (TPSA) is 30.5 Å². The minimum Gasteiger partial charge on any atom is -0.493 e. The Hall–Kier alpha value is -2.33. The summed E-state index contributed by atoms with van der Waals surface area (Å²) in [6, 6.07) is 16.3. The minimum atomic E-state index is -0.517. The highest BCUT2D eigenvalue weighted by atomic mass is 19.1. The van der Waals surface area contributed by atoms with E-state index in [9.17, 15) is 4.39 Å². The molecular formula is C21H24FNO2. The van der Waals surface area contributed by atoms with Crippen molar-refractivity contribution in [3.63, 3.8) is 0 Å². The first-order valence-corrected chi connectivity index (χ1v) is 8.69. The number of piperidine rings is 1. The molecule has 0 atom stereocenters. The van der Waals surface area contributed by atoms with Gasteiger partial charge in [0.25, 0.3) is 0 Å². The van der Waals surface area contributed by atoms with E-state index in [1.54, 1.807) is 7.11 Å². The fraction of sp³-hybridized carbons (Fsp3) is 0.333. The Morgan fingerprint density at radius 1 is 1.00 bits per heavy atom. The van der Waals surface area contributed by atoms with E-state index in [-0.39, 0.29) is 6.61 Å². The molecule has 2 aromatic rings. The van der Waals surface area contributed by atoms with Crippen molar-refractivity contribution in [2.75, 3.05) is 33.5 Å². The van der Waals surface area contributed by atoms with Crippen LogP contribution in [0.2, 0.25) is 0 Å². The second-order valence-corrected chi connectivity index (χ2v) is 6.00. The van der Waals surface area contributed by atoms with Gasteiger partial charge in [-0.2, -0.15) is 0 Å². The molecule has 0 spiro atoms. The van der Waals surface area contributed by atoms with E-state index in [0.717, 1.165) is 31.5 Å². The Bertz CT molecular complexity index is 720. The van der Waals surface area contributed by atoms with Crippen LogP contribution in [0.25, 0.3) is 5.57 Å². The van der Waals surface area contributed by atoms with Gasteiger partial charge in [0, 0.05) is 0 Å². The molecule has 0 saturated carbocycles. The highest BCUT2D eigenvalue weighted by Gasteiger charge is 2.16. The van der Waals surface area contributed by atoms with Crippen LogP contribution in [0.15, 0.2) is 54.1 Å². The Kier molecular flexibility index (Phi) is 6.07. The summed E-state index contributed by atoms with van der Waals surface area (Å²) in [6.45, 7) is 1.52. The fourth-order valence-electron chi connectivity index (χ4n) is 3.25. The predicted molar refractivity (Wildman–Crippen MR) is 99.0 cm³/mol. The van der Waals surface area contributed by atoms with E-state index in [1.807, 2.05) is 24.3 Å². The van der Waals surface area contributed by atoms with Crippen LogP contribution in [0.5, 0.6) is 11.5 Å². The number of hydrogen-bond acceptors (Lipinski definition) is 3. The Morgan fingerprint density at radius 2 is 1.76 bits per heavy atom. The molecular weight excluding hydrogens is 317 g/mol. The zero-order valence-corrected chi connectivity index (χ0v) is 14.6. The first kappa shape index (κ1) is 17.5. The van der Waals surface area contributed by atoms with Gasteiger partial charge in [-0.25, -0.2) is 4.39 Å². The molecule has 4 heteroatoms. The van der Waals surface area contributed by atoms with Gasteiger partial charge in [0.1, 0.15) is 13.3 Å². The maximum Gasteiger partial charge on any atom is 0.161 e. The zero-order valence-electron chi connectivity index (χ0n) is 14.6. The Labute approximate surface area is 148 Å². The van der Waals surface area contributed by atoms with Gasteiger partial charge in [0.05, 0.1) is 7.11 Å². The molecule has 0 unspecified atom stereocenters. The molecule has 3 rings (SSSR count). The number of nitrogens with one attached hydrogen (secondary N) is 1. The SMILES string of the molecule is COc1cc(C(=C2CCNCC2)c2ccccc2)ccc1OCCF. The lowest BCUT2D eigenvalue weighted by Gasteiger charge is -2.22. The molecule has 0 amide bonds. The zero-order chi connectivity index (χ0) is 17.5. The van der Waals surface area contributed by atoms with Crippen LogP contribution in [0.4, 0.5) is 4.39 Å². The Morgan fingerprint density at radius 3 is 2.44 bits per heavy atom. The molecule has 2 aromatic carbocycles. The molecule has 0 radical (unpaired) electrons. The van der Waals surface area contributed by atoms with Gasteiger partial charge in [-0.15, -0.1) is 0 Å². The van der Waals surface area contributed by atoms with Crippen molar-refractivity contribution in [2.24, 2.45) is 0 Å². The van der Waals surface area contributed by atoms with Crippen LogP contribution in [0.3, 0.4) is 0 Å². The van der Waals surface area contributed by atoms with Crippen LogP contribution in [-0.4, -0.2) is 33.5 Å². The lowest BCUT2D eigenvalue weighted by molar-refractivity contribution is 0.260. The first-order valence-electron chi connectivity index (χ1n) is 8.69. The highest BCUT2D eigenvalue weighted by molar-refractivity contribution is 5.83. The monoisotopic (exact) mass is 341 g/mol. The van der Waals surface area contributed by atoms with Crippen molar-refractivity contribution in [1.29, 1.82) is 0 Å². The van der Waals surface area contributed by atoms with Gasteiger partial charge < -0.3 is 14.8 Å². The summed E-state index contributed by atoms with van der Waals surface area (Å²) in [4.78, 5) is 0. The number of halogens is 1. The third-order valence-corrected chi connectivity index (χ3v) is 4.41. The van der Waals surface area contributed by atoms with Gasteiger partial charge in [-0.05, 0) is 54.8 Å². The number of ether oxygens (including phenoxy) is 2. The molecule has 3 nitrogen and oxygen atoms in total. The van der Waals surface area contributed by atoms with Crippen LogP contribution in [0, 0.1) is 0 Å². The lowest BCUT2D eigenvalue weighted by Crippen LogP contribution is -2.23. The van der Waals surface area contributed by atoms with E-state index >= 15 is 0 Å². The largest absolute Gasteiger partial charge is 0.493 e. The molecule has 25 heavy (non-hydrogen) atoms. The molecule has 132 valence electrons. The van der Waals surface area contributed by atoms with Gasteiger partial charge >= 0.3 is 0 Å². The summed E-state index contributed by atoms with van der Waals surface area (Å²) in [5.41, 5.74) is 5.02. The van der Waals surface area contributed by atoms with Crippen molar-refractivity contribution >= 4 is 5.57 Å². The van der Waals surface area contributed by atoms with Gasteiger partial charge in [0.2, 0.25) is 0 Å². The first-order chi connectivity index (χ1) is 12.3. The number of methoxy groups -OCH3 is 1. The number of alkyl halides is 1. The van der Waals surface area contributed by atoms with Crippen molar-refractivity contribution in [1.82, 2.24) is 5.32 Å². The molecule has 1 aliphatic heterocycles. The van der Waals surface area contributed by atoms with Crippen LogP contribution in [0.1, 0.15) is 24.0 Å². The van der Waals surface area contributed by atoms with E-state index in [2.05, 4.69) is 29.6 Å². The maximum absolute atomic E-state index is 12.4. The van der Waals surface area contributed by atoms with Gasteiger partial charge in [-0.3, -0.25) is 0 Å². The minimum absolute atomic E-state index is 0.0357. The van der Waals surface area contributed by atoms with E-state index in [0.29, 0.717) is 11.5 Å². The highest BCUT2D eigenvalue weighted by Crippen LogP contribution is 2.36. The predicted octanol–water partition coefficient (Wildman–Crippen LogP) is 4.23. The summed E-state index contributed by atoms with van der Waals surface area (Å²) in [6.07, 6.45) is 2.07. The summed E-state index contributed by atoms with van der Waals surface area (Å²) in [5.74, 6) is 1.21. The standard InChI is InChI=1S/C21H24FNO2/c1-24-20-15-18(7-8-19(20)25-14-11-22)21(16-5-3-2-4-6-16)17-9-12-23-13-10-17/h2-8,15,23H,9-14H2,1H3. The quantitative estimate of drug-likeness (QED) is 0.853. The van der Waals surface area contributed by atoms with Crippen molar-refractivity contribution in [3.05, 3.63) is 65.2 Å². The third kappa shape index (κ3) is 4.20. The Balaban J connectivity index is 2.04. The summed E-state index contributed by atoms with van der Waals surface area (Å²) in [7, 11) is 1.61. The third-order valence-electron chi connectivity index (χ3n) is 4.41. The lowest BCUT2D eigenvalue weighted by atomic mass is 9.88. The molecule has 0 aromatic heterocycles. The molecule has 0 bridgehead atoms. The summed E-state index contributed by atoms with van der Waals surface area (Å²) >= 11 is 0. The van der Waals surface area contributed by atoms with Crippen LogP contribution in [-0.2, 0) is 0 Å². The average molecular weight is 341 g/mol. The normalized spacial score (nSPS) is 14.2. The van der Waals surface area contributed by atoms with E-state index < -0.39 is 6.67 Å². The van der Waals surface area contributed by atoms with E-state index in [4.69, 9.17) is 9.47 Å². The molecule has 1 fully saturated rings. The van der Waals surface area contributed by atoms with Crippen molar-refractivity contribution in [2.45, 2.75) is 12.8 Å². The van der Waals surface area contributed by atoms with E-state index in [1.165, 1.54) is 16.7 Å². The number of rotatable bonds is 6. The fourth-order valence-corrected chi connectivity index (χ4v) is 3.25. The second kappa shape index (κ2) is 8.67. The molecule has 1 N–H and O–H groups in total. The molecule has 1 heterocycles. The molecule has 0 aliphatic carbocycles. The molecule has 1 saturated heterocycles. The van der Waals surface area contributed by atoms with Crippen LogP contribution >= 0.6 is 0 Å². The van der Waals surface area contributed by atoms with Gasteiger partial charge in [0.15, 0.2) is 11.5 Å². The maximum atomic E-state index is 12.4. The number of benzene rings is 2. The summed E-state index contributed by atoms with van der Waals surface area (Å²) < 4.78 is 23.3. The smallest absolute Gasteiger partial charge is 0.161 e. The second-order valence-electron chi connectivity index (χ2n) is 6.00. The molecule has 1 aliphatic rings. The number of hydrogen-bond donors (Lipinski definition) is 1. The average Bonchev–Trinajstić information content (AvgIpc) is 2.68. The summed E-state index contributed by atoms with van der Waals surface area (Å²) in [5, 5.41) is 3.41. The van der Waals surface area contributed by atoms with Crippen molar-refractivity contribution in [3.8, 4) is 11.5 Å². The van der Waals surface area contributed by atoms with Crippen LogP contribution < -0.4 is 14.8 Å².